The number of amides is 1. The van der Waals surface area contributed by atoms with E-state index in [9.17, 15) is 4.79 Å². The first-order chi connectivity index (χ1) is 12.2. The fourth-order valence-corrected chi connectivity index (χ4v) is 3.36. The minimum absolute atomic E-state index is 0.105. The van der Waals surface area contributed by atoms with Crippen LogP contribution in [0.2, 0.25) is 5.02 Å². The second-order valence-electron chi connectivity index (χ2n) is 6.05. The van der Waals surface area contributed by atoms with Crippen molar-refractivity contribution in [3.63, 3.8) is 0 Å². The summed E-state index contributed by atoms with van der Waals surface area (Å²) < 4.78 is 5.39. The topological polar surface area (TPSA) is 41.6 Å². The summed E-state index contributed by atoms with van der Waals surface area (Å²) in [4.78, 5) is 14.6. The molecule has 5 heteroatoms. The maximum atomic E-state index is 12.2. The summed E-state index contributed by atoms with van der Waals surface area (Å²) in [6.45, 7) is 5.09. The predicted molar refractivity (Wildman–Crippen MR) is 102 cm³/mol. The molecule has 1 N–H and O–H groups in total. The van der Waals surface area contributed by atoms with Crippen LogP contribution in [0.4, 0.5) is 5.69 Å². The van der Waals surface area contributed by atoms with E-state index in [1.54, 1.807) is 18.2 Å². The summed E-state index contributed by atoms with van der Waals surface area (Å²) in [5.41, 5.74) is 3.29. The van der Waals surface area contributed by atoms with Crippen LogP contribution in [-0.4, -0.2) is 32.1 Å². The number of hydrogen-bond acceptors (Lipinski definition) is 3. The Morgan fingerprint density at radius 1 is 1.28 bits per heavy atom. The van der Waals surface area contributed by atoms with Crippen molar-refractivity contribution >= 4 is 23.2 Å². The van der Waals surface area contributed by atoms with Crippen LogP contribution >= 0.6 is 11.6 Å². The van der Waals surface area contributed by atoms with Crippen molar-refractivity contribution < 1.29 is 9.53 Å². The monoisotopic (exact) mass is 358 g/mol. The number of ether oxygens (including phenoxy) is 1. The number of nitrogens with one attached hydrogen (secondary N) is 1. The van der Waals surface area contributed by atoms with E-state index in [2.05, 4.69) is 34.5 Å². The van der Waals surface area contributed by atoms with Gasteiger partial charge in [0.1, 0.15) is 5.75 Å². The van der Waals surface area contributed by atoms with Crippen molar-refractivity contribution in [2.24, 2.45) is 0 Å². The molecule has 3 rings (SSSR count). The zero-order chi connectivity index (χ0) is 17.6. The molecule has 0 atom stereocenters. The number of hydrogen-bond donors (Lipinski definition) is 1. The van der Waals surface area contributed by atoms with Crippen LogP contribution in [0.3, 0.4) is 0 Å². The van der Waals surface area contributed by atoms with Crippen LogP contribution in [0, 0.1) is 0 Å². The van der Waals surface area contributed by atoms with Gasteiger partial charge in [0.05, 0.1) is 11.6 Å². The van der Waals surface area contributed by atoms with E-state index in [-0.39, 0.29) is 5.91 Å². The number of carbonyl (C=O) groups is 1. The predicted octanol–water partition coefficient (Wildman–Crippen LogP) is 3.92. The summed E-state index contributed by atoms with van der Waals surface area (Å²) in [6.07, 6.45) is 2.01. The first kappa shape index (κ1) is 17.6. The standard InChI is InChI=1S/C20H23ClN2O2/c1-2-25-19-9-8-16(14-17(19)21)20(24)22-11-5-12-23-13-10-15-6-3-4-7-18(15)23/h3-4,6-9,14H,2,5,10-13H2,1H3,(H,22,24). The fourth-order valence-electron chi connectivity index (χ4n) is 3.13. The third-order valence-corrected chi connectivity index (χ3v) is 4.66. The van der Waals surface area contributed by atoms with Crippen molar-refractivity contribution in [3.05, 3.63) is 58.6 Å². The lowest BCUT2D eigenvalue weighted by atomic mass is 10.2. The summed E-state index contributed by atoms with van der Waals surface area (Å²) in [6, 6.07) is 13.7. The van der Waals surface area contributed by atoms with Gasteiger partial charge in [-0.1, -0.05) is 29.8 Å². The maximum absolute atomic E-state index is 12.2. The molecule has 0 saturated carbocycles. The van der Waals surface area contributed by atoms with Gasteiger partial charge in [0.2, 0.25) is 0 Å². The Hall–Kier alpha value is -2.20. The van der Waals surface area contributed by atoms with Crippen LogP contribution in [0.25, 0.3) is 0 Å². The average molecular weight is 359 g/mol. The third kappa shape index (κ3) is 4.26. The molecule has 2 aromatic rings. The molecular weight excluding hydrogens is 336 g/mol. The fraction of sp³-hybridized carbons (Fsp3) is 0.350. The first-order valence-corrected chi connectivity index (χ1v) is 9.10. The van der Waals surface area contributed by atoms with Gasteiger partial charge in [0, 0.05) is 30.9 Å². The lowest BCUT2D eigenvalue weighted by Gasteiger charge is -2.19. The van der Waals surface area contributed by atoms with Crippen LogP contribution in [0.15, 0.2) is 42.5 Å². The summed E-state index contributed by atoms with van der Waals surface area (Å²) in [7, 11) is 0. The van der Waals surface area contributed by atoms with E-state index in [1.165, 1.54) is 11.3 Å². The smallest absolute Gasteiger partial charge is 0.251 e. The molecule has 0 radical (unpaired) electrons. The number of fused-ring (bicyclic) bond motifs is 1. The van der Waals surface area contributed by atoms with Crippen LogP contribution in [0.1, 0.15) is 29.3 Å². The van der Waals surface area contributed by atoms with Crippen molar-refractivity contribution in [1.29, 1.82) is 0 Å². The maximum Gasteiger partial charge on any atom is 0.251 e. The van der Waals surface area contributed by atoms with Gasteiger partial charge in [-0.3, -0.25) is 4.79 Å². The average Bonchev–Trinajstić information content (AvgIpc) is 3.03. The Kier molecular flexibility index (Phi) is 5.82. The molecule has 0 bridgehead atoms. The highest BCUT2D eigenvalue weighted by molar-refractivity contribution is 6.32. The Morgan fingerprint density at radius 3 is 2.92 bits per heavy atom. The van der Waals surface area contributed by atoms with Gasteiger partial charge in [-0.05, 0) is 49.6 Å². The highest BCUT2D eigenvalue weighted by atomic mass is 35.5. The number of carbonyl (C=O) groups excluding carboxylic acids is 1. The van der Waals surface area contributed by atoms with E-state index in [0.29, 0.717) is 29.5 Å². The van der Waals surface area contributed by atoms with Gasteiger partial charge in [-0.15, -0.1) is 0 Å². The molecule has 0 aromatic heterocycles. The van der Waals surface area contributed by atoms with E-state index in [0.717, 1.165) is 25.9 Å². The highest BCUT2D eigenvalue weighted by Gasteiger charge is 2.17. The Bertz CT molecular complexity index is 748. The third-order valence-electron chi connectivity index (χ3n) is 4.37. The molecular formula is C20H23ClN2O2. The molecule has 25 heavy (non-hydrogen) atoms. The van der Waals surface area contributed by atoms with Crippen molar-refractivity contribution in [2.45, 2.75) is 19.8 Å². The number of rotatable bonds is 7. The molecule has 132 valence electrons. The van der Waals surface area contributed by atoms with E-state index < -0.39 is 0 Å². The molecule has 1 amide bonds. The van der Waals surface area contributed by atoms with E-state index in [1.807, 2.05) is 6.92 Å². The lowest BCUT2D eigenvalue weighted by Crippen LogP contribution is -2.29. The zero-order valence-electron chi connectivity index (χ0n) is 14.4. The first-order valence-electron chi connectivity index (χ1n) is 8.72. The minimum atomic E-state index is -0.105. The molecule has 0 unspecified atom stereocenters. The second kappa shape index (κ2) is 8.26. The summed E-state index contributed by atoms with van der Waals surface area (Å²) in [5, 5.41) is 3.42. The van der Waals surface area contributed by atoms with Crippen LogP contribution < -0.4 is 15.0 Å². The molecule has 2 aromatic carbocycles. The minimum Gasteiger partial charge on any atom is -0.492 e. The molecule has 0 spiro atoms. The molecule has 1 aliphatic heterocycles. The van der Waals surface area contributed by atoms with Gasteiger partial charge in [0.25, 0.3) is 5.91 Å². The Labute approximate surface area is 153 Å². The molecule has 0 saturated heterocycles. The number of halogens is 1. The zero-order valence-corrected chi connectivity index (χ0v) is 15.2. The van der Waals surface area contributed by atoms with Gasteiger partial charge in [-0.2, -0.15) is 0 Å². The number of anilines is 1. The van der Waals surface area contributed by atoms with Crippen molar-refractivity contribution in [2.75, 3.05) is 31.1 Å². The van der Waals surface area contributed by atoms with Crippen LogP contribution in [0.5, 0.6) is 5.75 Å². The normalized spacial score (nSPS) is 12.8. The molecule has 1 heterocycles. The highest BCUT2D eigenvalue weighted by Crippen LogP contribution is 2.27. The van der Waals surface area contributed by atoms with E-state index in [4.69, 9.17) is 16.3 Å². The van der Waals surface area contributed by atoms with Gasteiger partial charge in [-0.25, -0.2) is 0 Å². The van der Waals surface area contributed by atoms with Gasteiger partial charge in [0.15, 0.2) is 0 Å². The molecule has 1 aliphatic rings. The Balaban J connectivity index is 1.46. The van der Waals surface area contributed by atoms with E-state index >= 15 is 0 Å². The lowest BCUT2D eigenvalue weighted by molar-refractivity contribution is 0.0953. The molecule has 4 nitrogen and oxygen atoms in total. The number of para-hydroxylation sites is 1. The van der Waals surface area contributed by atoms with Gasteiger partial charge < -0.3 is 15.0 Å². The number of benzene rings is 2. The quantitative estimate of drug-likeness (QED) is 0.763. The number of nitrogens with zero attached hydrogens (tertiary/aromatic N) is 1. The molecule has 0 fully saturated rings. The van der Waals surface area contributed by atoms with Crippen molar-refractivity contribution in [3.8, 4) is 5.75 Å². The van der Waals surface area contributed by atoms with Gasteiger partial charge >= 0.3 is 0 Å². The summed E-state index contributed by atoms with van der Waals surface area (Å²) >= 11 is 6.14. The Morgan fingerprint density at radius 2 is 2.12 bits per heavy atom. The molecule has 0 aliphatic carbocycles. The SMILES string of the molecule is CCOc1ccc(C(=O)NCCCN2CCc3ccccc32)cc1Cl. The van der Waals surface area contributed by atoms with Crippen LogP contribution in [-0.2, 0) is 6.42 Å². The summed E-state index contributed by atoms with van der Waals surface area (Å²) in [5.74, 6) is 0.500. The largest absolute Gasteiger partial charge is 0.492 e. The second-order valence-corrected chi connectivity index (χ2v) is 6.46. The van der Waals surface area contributed by atoms with Crippen molar-refractivity contribution in [1.82, 2.24) is 5.32 Å².